The van der Waals surface area contributed by atoms with Crippen molar-refractivity contribution in [2.45, 2.75) is 76.5 Å². The van der Waals surface area contributed by atoms with Crippen LogP contribution in [0.3, 0.4) is 0 Å². The molecule has 2 bridgehead atoms. The molecule has 1 amide bonds. The van der Waals surface area contributed by atoms with Gasteiger partial charge in [-0.05, 0) is 31.6 Å². The minimum atomic E-state index is -0.245. The first-order valence-electron chi connectivity index (χ1n) is 8.86. The van der Waals surface area contributed by atoms with E-state index in [4.69, 9.17) is 9.47 Å². The van der Waals surface area contributed by atoms with Gasteiger partial charge in [-0.3, -0.25) is 9.59 Å². The Labute approximate surface area is 137 Å². The van der Waals surface area contributed by atoms with Gasteiger partial charge in [-0.25, -0.2) is 0 Å². The molecule has 4 aliphatic rings. The molecule has 0 N–H and O–H groups in total. The predicted molar refractivity (Wildman–Crippen MR) is 83.1 cm³/mol. The third-order valence-electron chi connectivity index (χ3n) is 6.21. The third kappa shape index (κ3) is 2.27. The first-order valence-corrected chi connectivity index (χ1v) is 8.86. The molecule has 2 aliphatic heterocycles. The minimum Gasteiger partial charge on any atom is -0.489 e. The van der Waals surface area contributed by atoms with Gasteiger partial charge in [0.25, 0.3) is 0 Å². The molecule has 5 heteroatoms. The smallest absolute Gasteiger partial charge is 0.303 e. The summed E-state index contributed by atoms with van der Waals surface area (Å²) in [4.78, 5) is 25.7. The molecule has 0 radical (unpaired) electrons. The molecular formula is C18H25NO4. The van der Waals surface area contributed by atoms with Crippen molar-refractivity contribution >= 4 is 11.9 Å². The molecule has 4 rings (SSSR count). The number of rotatable bonds is 1. The average Bonchev–Trinajstić information content (AvgIpc) is 2.95. The van der Waals surface area contributed by atoms with Crippen molar-refractivity contribution in [1.29, 1.82) is 0 Å². The van der Waals surface area contributed by atoms with Gasteiger partial charge in [-0.2, -0.15) is 0 Å². The van der Waals surface area contributed by atoms with Crippen LogP contribution in [0.2, 0.25) is 0 Å². The summed E-state index contributed by atoms with van der Waals surface area (Å²) in [5.74, 6) is 1.29. The highest BCUT2D eigenvalue weighted by Crippen LogP contribution is 2.55. The molecule has 0 aromatic rings. The minimum absolute atomic E-state index is 0.0345. The van der Waals surface area contributed by atoms with Gasteiger partial charge in [-0.1, -0.05) is 19.3 Å². The molecule has 3 fully saturated rings. The van der Waals surface area contributed by atoms with E-state index in [1.165, 1.54) is 26.2 Å². The van der Waals surface area contributed by atoms with Gasteiger partial charge < -0.3 is 14.4 Å². The molecule has 0 aromatic heterocycles. The highest BCUT2D eigenvalue weighted by atomic mass is 16.6. The van der Waals surface area contributed by atoms with Gasteiger partial charge >= 0.3 is 5.97 Å². The Morgan fingerprint density at radius 2 is 2.00 bits per heavy atom. The Morgan fingerprint density at radius 1 is 1.26 bits per heavy atom. The Kier molecular flexibility index (Phi) is 3.43. The Hall–Kier alpha value is -1.52. The van der Waals surface area contributed by atoms with Gasteiger partial charge in [0.05, 0.1) is 5.92 Å². The number of carbonyl (C=O) groups excluding carboxylic acids is 2. The van der Waals surface area contributed by atoms with E-state index in [0.717, 1.165) is 31.4 Å². The molecule has 1 spiro atoms. The zero-order valence-electron chi connectivity index (χ0n) is 13.9. The summed E-state index contributed by atoms with van der Waals surface area (Å²) in [6.07, 6.45) is 9.45. The summed E-state index contributed by atoms with van der Waals surface area (Å²) in [6, 6.07) is 0. The zero-order valence-corrected chi connectivity index (χ0v) is 13.9. The molecule has 23 heavy (non-hydrogen) atoms. The Bertz CT molecular complexity index is 563. The number of ether oxygens (including phenoxy) is 2. The first-order chi connectivity index (χ1) is 11.0. The van der Waals surface area contributed by atoms with E-state index in [0.29, 0.717) is 5.92 Å². The van der Waals surface area contributed by atoms with Gasteiger partial charge in [0.1, 0.15) is 18.0 Å². The largest absolute Gasteiger partial charge is 0.489 e. The van der Waals surface area contributed by atoms with Crippen LogP contribution < -0.4 is 0 Å². The normalized spacial score (nSPS) is 37.1. The van der Waals surface area contributed by atoms with Crippen LogP contribution in [0.1, 0.15) is 58.8 Å². The topological polar surface area (TPSA) is 55.8 Å². The second-order valence-electron chi connectivity index (χ2n) is 7.66. The second-order valence-corrected chi connectivity index (χ2v) is 7.66. The lowest BCUT2D eigenvalue weighted by Crippen LogP contribution is -2.50. The van der Waals surface area contributed by atoms with E-state index in [2.05, 4.69) is 0 Å². The molecule has 1 unspecified atom stereocenters. The van der Waals surface area contributed by atoms with E-state index < -0.39 is 0 Å². The Morgan fingerprint density at radius 3 is 2.65 bits per heavy atom. The summed E-state index contributed by atoms with van der Waals surface area (Å²) in [6.45, 7) is 3.11. The van der Waals surface area contributed by atoms with Crippen molar-refractivity contribution in [1.82, 2.24) is 4.90 Å². The van der Waals surface area contributed by atoms with E-state index in [1.807, 2.05) is 11.1 Å². The van der Waals surface area contributed by atoms with Crippen LogP contribution >= 0.6 is 0 Å². The molecule has 5 nitrogen and oxygen atoms in total. The number of nitrogens with zero attached hydrogens (tertiary/aromatic N) is 1. The average molecular weight is 319 g/mol. The molecular weight excluding hydrogens is 294 g/mol. The molecule has 126 valence electrons. The van der Waals surface area contributed by atoms with Gasteiger partial charge in [0.15, 0.2) is 0 Å². The third-order valence-corrected chi connectivity index (χ3v) is 6.21. The van der Waals surface area contributed by atoms with Crippen LogP contribution in [0, 0.1) is 11.8 Å². The van der Waals surface area contributed by atoms with Gasteiger partial charge in [0.2, 0.25) is 5.91 Å². The predicted octanol–water partition coefficient (Wildman–Crippen LogP) is 2.75. The Balaban J connectivity index is 1.70. The zero-order chi connectivity index (χ0) is 16.2. The highest BCUT2D eigenvalue weighted by molar-refractivity contribution is 5.75. The quantitative estimate of drug-likeness (QED) is 0.697. The van der Waals surface area contributed by atoms with E-state index in [1.54, 1.807) is 6.92 Å². The van der Waals surface area contributed by atoms with Gasteiger partial charge in [-0.15, -0.1) is 0 Å². The number of fused-ring (bicyclic) bond motifs is 1. The summed E-state index contributed by atoms with van der Waals surface area (Å²) < 4.78 is 11.6. The maximum Gasteiger partial charge on any atom is 0.303 e. The van der Waals surface area contributed by atoms with Crippen molar-refractivity contribution in [3.05, 3.63) is 12.0 Å². The molecule has 1 saturated heterocycles. The lowest BCUT2D eigenvalue weighted by atomic mass is 9.73. The lowest BCUT2D eigenvalue weighted by molar-refractivity contribution is -0.148. The van der Waals surface area contributed by atoms with Crippen LogP contribution in [-0.2, 0) is 19.1 Å². The molecule has 2 aliphatic carbocycles. The van der Waals surface area contributed by atoms with E-state index in [-0.39, 0.29) is 35.5 Å². The lowest BCUT2D eigenvalue weighted by Gasteiger charge is -2.45. The van der Waals surface area contributed by atoms with Crippen LogP contribution in [0.15, 0.2) is 12.0 Å². The first kappa shape index (κ1) is 15.0. The van der Waals surface area contributed by atoms with Crippen LogP contribution in [-0.4, -0.2) is 34.5 Å². The van der Waals surface area contributed by atoms with Crippen molar-refractivity contribution < 1.29 is 19.1 Å². The maximum absolute atomic E-state index is 12.3. The fourth-order valence-electron chi connectivity index (χ4n) is 5.44. The van der Waals surface area contributed by atoms with Crippen molar-refractivity contribution in [3.63, 3.8) is 0 Å². The van der Waals surface area contributed by atoms with Crippen LogP contribution in [0.5, 0.6) is 0 Å². The maximum atomic E-state index is 12.3. The number of amides is 1. The van der Waals surface area contributed by atoms with Crippen LogP contribution in [0.4, 0.5) is 0 Å². The summed E-state index contributed by atoms with van der Waals surface area (Å²) in [7, 11) is 0. The van der Waals surface area contributed by atoms with Crippen molar-refractivity contribution in [2.75, 3.05) is 0 Å². The van der Waals surface area contributed by atoms with Gasteiger partial charge in [0, 0.05) is 25.6 Å². The fourth-order valence-corrected chi connectivity index (χ4v) is 5.44. The summed E-state index contributed by atoms with van der Waals surface area (Å²) in [5, 5.41) is 0. The molecule has 2 saturated carbocycles. The SMILES string of the molecule is CC(=O)OC1[C@H]2C3=CN(C(C)=O)C4(CCCCC4)C[C@H]2C[C@H]1O3. The molecule has 4 atom stereocenters. The van der Waals surface area contributed by atoms with Crippen molar-refractivity contribution in [3.8, 4) is 0 Å². The van der Waals surface area contributed by atoms with Crippen molar-refractivity contribution in [2.24, 2.45) is 11.8 Å². The number of esters is 1. The fraction of sp³-hybridized carbons (Fsp3) is 0.778. The number of hydrogen-bond donors (Lipinski definition) is 0. The second kappa shape index (κ2) is 5.25. The molecule has 0 aromatic carbocycles. The summed E-state index contributed by atoms with van der Waals surface area (Å²) in [5.41, 5.74) is -0.0574. The highest BCUT2D eigenvalue weighted by Gasteiger charge is 2.59. The summed E-state index contributed by atoms with van der Waals surface area (Å²) >= 11 is 0. The molecule has 2 heterocycles. The van der Waals surface area contributed by atoms with E-state index >= 15 is 0 Å². The standard InChI is InChI=1S/C18H25NO4/c1-11(20)19-10-15-16-13(9-18(19)6-4-3-5-7-18)8-14(23-15)17(16)22-12(2)21/h10,13-14,16-17H,3-9H2,1-2H3/t13-,14-,16-,17?/m1/s1. The van der Waals surface area contributed by atoms with E-state index in [9.17, 15) is 9.59 Å². The number of carbonyl (C=O) groups is 2. The monoisotopic (exact) mass is 319 g/mol. The van der Waals surface area contributed by atoms with Crippen LogP contribution in [0.25, 0.3) is 0 Å². The number of hydrogen-bond acceptors (Lipinski definition) is 4.